The summed E-state index contributed by atoms with van der Waals surface area (Å²) in [6.45, 7) is 6.04. The van der Waals surface area contributed by atoms with Crippen LogP contribution in [0.25, 0.3) is 0 Å². The van der Waals surface area contributed by atoms with Gasteiger partial charge in [0.1, 0.15) is 0 Å². The third kappa shape index (κ3) is 4.07. The highest BCUT2D eigenvalue weighted by Gasteiger charge is 2.56. The Labute approximate surface area is 174 Å². The lowest BCUT2D eigenvalue weighted by Gasteiger charge is -2.63. The summed E-state index contributed by atoms with van der Waals surface area (Å²) in [5.41, 5.74) is 1.97. The lowest BCUT2D eigenvalue weighted by atomic mass is 9.69. The van der Waals surface area contributed by atoms with Gasteiger partial charge in [-0.3, -0.25) is 14.7 Å². The first-order valence-electron chi connectivity index (χ1n) is 11.2. The predicted molar refractivity (Wildman–Crippen MR) is 112 cm³/mol. The monoisotopic (exact) mass is 401 g/mol. The fourth-order valence-corrected chi connectivity index (χ4v) is 5.61. The van der Waals surface area contributed by atoms with Crippen molar-refractivity contribution < 1.29 is 14.3 Å². The van der Waals surface area contributed by atoms with Crippen LogP contribution in [0.4, 0.5) is 0 Å². The summed E-state index contributed by atoms with van der Waals surface area (Å²) in [5.74, 6) is 0.130. The Morgan fingerprint density at radius 1 is 1.21 bits per heavy atom. The van der Waals surface area contributed by atoms with E-state index in [1.54, 1.807) is 19.5 Å². The summed E-state index contributed by atoms with van der Waals surface area (Å²) >= 11 is 0. The van der Waals surface area contributed by atoms with Gasteiger partial charge in [0.15, 0.2) is 0 Å². The predicted octanol–water partition coefficient (Wildman–Crippen LogP) is 3.04. The molecule has 0 radical (unpaired) electrons. The molecule has 3 aliphatic rings. The van der Waals surface area contributed by atoms with Crippen LogP contribution in [0.1, 0.15) is 60.9 Å². The summed E-state index contributed by atoms with van der Waals surface area (Å²) in [6.07, 6.45) is 12.4. The molecule has 1 aromatic rings. The zero-order valence-corrected chi connectivity index (χ0v) is 17.9. The van der Waals surface area contributed by atoms with Crippen molar-refractivity contribution in [2.75, 3.05) is 40.0 Å². The van der Waals surface area contributed by atoms with Crippen LogP contribution in [0.15, 0.2) is 18.5 Å². The Morgan fingerprint density at radius 2 is 1.97 bits per heavy atom. The van der Waals surface area contributed by atoms with E-state index in [-0.39, 0.29) is 11.4 Å². The molecule has 160 valence electrons. The van der Waals surface area contributed by atoms with Gasteiger partial charge in [0, 0.05) is 50.7 Å². The third-order valence-electron chi connectivity index (χ3n) is 7.32. The van der Waals surface area contributed by atoms with Crippen molar-refractivity contribution in [1.82, 2.24) is 14.8 Å². The number of methoxy groups -OCH3 is 1. The SMILES string of the molecule is COCCOC1CN(C2CCN(C(=O)c3cnccc3C)CC2)C12CCCCC2. The van der Waals surface area contributed by atoms with E-state index < -0.39 is 0 Å². The molecular formula is C23H35N3O3. The number of amides is 1. The molecule has 1 unspecified atom stereocenters. The van der Waals surface area contributed by atoms with Crippen molar-refractivity contribution >= 4 is 5.91 Å². The van der Waals surface area contributed by atoms with E-state index in [0.717, 1.165) is 43.6 Å². The highest BCUT2D eigenvalue weighted by atomic mass is 16.5. The van der Waals surface area contributed by atoms with Crippen molar-refractivity contribution in [3.63, 3.8) is 0 Å². The number of aryl methyl sites for hydroxylation is 1. The number of rotatable bonds is 6. The van der Waals surface area contributed by atoms with Crippen LogP contribution in [0.2, 0.25) is 0 Å². The number of carbonyl (C=O) groups is 1. The summed E-state index contributed by atoms with van der Waals surface area (Å²) in [7, 11) is 1.73. The molecule has 6 heteroatoms. The van der Waals surface area contributed by atoms with Crippen LogP contribution in [-0.4, -0.2) is 78.3 Å². The van der Waals surface area contributed by atoms with Crippen LogP contribution in [0, 0.1) is 6.92 Å². The molecule has 4 rings (SSSR count). The number of likely N-dealkylation sites (tertiary alicyclic amines) is 2. The molecular weight excluding hydrogens is 366 g/mol. The Kier molecular flexibility index (Phi) is 6.52. The first-order chi connectivity index (χ1) is 14.2. The number of hydrogen-bond acceptors (Lipinski definition) is 5. The molecule has 1 saturated carbocycles. The van der Waals surface area contributed by atoms with Crippen molar-refractivity contribution in [1.29, 1.82) is 0 Å². The molecule has 6 nitrogen and oxygen atoms in total. The van der Waals surface area contributed by atoms with Gasteiger partial charge in [-0.15, -0.1) is 0 Å². The van der Waals surface area contributed by atoms with Gasteiger partial charge >= 0.3 is 0 Å². The van der Waals surface area contributed by atoms with Crippen LogP contribution < -0.4 is 0 Å². The van der Waals surface area contributed by atoms with E-state index in [0.29, 0.717) is 25.4 Å². The smallest absolute Gasteiger partial charge is 0.255 e. The van der Waals surface area contributed by atoms with Crippen molar-refractivity contribution in [2.24, 2.45) is 0 Å². The molecule has 0 bridgehead atoms. The summed E-state index contributed by atoms with van der Waals surface area (Å²) in [6, 6.07) is 2.48. The van der Waals surface area contributed by atoms with E-state index in [9.17, 15) is 4.79 Å². The van der Waals surface area contributed by atoms with E-state index in [1.165, 1.54) is 32.1 Å². The topological polar surface area (TPSA) is 54.9 Å². The fourth-order valence-electron chi connectivity index (χ4n) is 5.61. The molecule has 1 atom stereocenters. The quantitative estimate of drug-likeness (QED) is 0.686. The lowest BCUT2D eigenvalue weighted by Crippen LogP contribution is -2.75. The van der Waals surface area contributed by atoms with E-state index in [4.69, 9.17) is 9.47 Å². The summed E-state index contributed by atoms with van der Waals surface area (Å²) in [4.78, 5) is 21.8. The lowest BCUT2D eigenvalue weighted by molar-refractivity contribution is -0.203. The van der Waals surface area contributed by atoms with Gasteiger partial charge in [-0.2, -0.15) is 0 Å². The van der Waals surface area contributed by atoms with Gasteiger partial charge in [0.2, 0.25) is 0 Å². The summed E-state index contributed by atoms with van der Waals surface area (Å²) in [5, 5.41) is 0. The molecule has 1 amide bonds. The third-order valence-corrected chi connectivity index (χ3v) is 7.32. The first kappa shape index (κ1) is 20.8. The zero-order chi connectivity index (χ0) is 20.3. The number of aromatic nitrogens is 1. The van der Waals surface area contributed by atoms with Crippen molar-refractivity contribution in [2.45, 2.75) is 69.6 Å². The van der Waals surface area contributed by atoms with Gasteiger partial charge in [0.25, 0.3) is 5.91 Å². The molecule has 1 spiro atoms. The first-order valence-corrected chi connectivity index (χ1v) is 11.2. The maximum Gasteiger partial charge on any atom is 0.255 e. The number of ether oxygens (including phenoxy) is 2. The minimum absolute atomic E-state index is 0.130. The Bertz CT molecular complexity index is 696. The van der Waals surface area contributed by atoms with E-state index in [2.05, 4.69) is 9.88 Å². The fraction of sp³-hybridized carbons (Fsp3) is 0.739. The standard InChI is InChI=1S/C23H35N3O3/c1-18-6-11-24-16-20(18)22(27)25-12-7-19(8-13-25)26-17-21(29-15-14-28-2)23(26)9-4-3-5-10-23/h6,11,16,19,21H,3-5,7-10,12-15,17H2,1-2H3. The molecule has 3 heterocycles. The van der Waals surface area contributed by atoms with Gasteiger partial charge in [-0.25, -0.2) is 0 Å². The molecule has 0 aromatic carbocycles. The maximum absolute atomic E-state index is 12.9. The second-order valence-electron chi connectivity index (χ2n) is 8.88. The molecule has 0 N–H and O–H groups in total. The van der Waals surface area contributed by atoms with Crippen molar-refractivity contribution in [3.05, 3.63) is 29.6 Å². The Morgan fingerprint density at radius 3 is 2.66 bits per heavy atom. The average Bonchev–Trinajstić information content (AvgIpc) is 2.76. The number of carbonyl (C=O) groups excluding carboxylic acids is 1. The molecule has 2 saturated heterocycles. The Balaban J connectivity index is 1.36. The van der Waals surface area contributed by atoms with Gasteiger partial charge < -0.3 is 14.4 Å². The minimum atomic E-state index is 0.130. The molecule has 1 aromatic heterocycles. The van der Waals surface area contributed by atoms with Gasteiger partial charge in [0.05, 0.1) is 24.9 Å². The Hall–Kier alpha value is -1.50. The number of piperidine rings is 1. The molecule has 29 heavy (non-hydrogen) atoms. The zero-order valence-electron chi connectivity index (χ0n) is 17.9. The van der Waals surface area contributed by atoms with Gasteiger partial charge in [-0.1, -0.05) is 19.3 Å². The molecule has 3 fully saturated rings. The maximum atomic E-state index is 12.9. The number of pyridine rings is 1. The van der Waals surface area contributed by atoms with Crippen molar-refractivity contribution in [3.8, 4) is 0 Å². The van der Waals surface area contributed by atoms with Crippen LogP contribution in [0.3, 0.4) is 0 Å². The molecule has 2 aliphatic heterocycles. The van der Waals surface area contributed by atoms with Crippen LogP contribution >= 0.6 is 0 Å². The second-order valence-corrected chi connectivity index (χ2v) is 8.88. The largest absolute Gasteiger partial charge is 0.382 e. The number of hydrogen-bond donors (Lipinski definition) is 0. The number of nitrogens with zero attached hydrogens (tertiary/aromatic N) is 3. The highest BCUT2D eigenvalue weighted by Crippen LogP contribution is 2.47. The van der Waals surface area contributed by atoms with E-state index in [1.807, 2.05) is 17.9 Å². The normalized spacial score (nSPS) is 25.2. The summed E-state index contributed by atoms with van der Waals surface area (Å²) < 4.78 is 11.4. The van der Waals surface area contributed by atoms with E-state index >= 15 is 0 Å². The highest BCUT2D eigenvalue weighted by molar-refractivity contribution is 5.95. The average molecular weight is 402 g/mol. The molecule has 1 aliphatic carbocycles. The van der Waals surface area contributed by atoms with Gasteiger partial charge in [-0.05, 0) is 44.2 Å². The minimum Gasteiger partial charge on any atom is -0.382 e. The van der Waals surface area contributed by atoms with Crippen LogP contribution in [-0.2, 0) is 9.47 Å². The van der Waals surface area contributed by atoms with Crippen LogP contribution in [0.5, 0.6) is 0 Å². The second kappa shape index (κ2) is 9.11.